The molecular weight excluding hydrogens is 200 g/mol. The van der Waals surface area contributed by atoms with E-state index in [2.05, 4.69) is 22.2 Å². The second kappa shape index (κ2) is 5.14. The van der Waals surface area contributed by atoms with E-state index >= 15 is 0 Å². The summed E-state index contributed by atoms with van der Waals surface area (Å²) in [5.74, 6) is 2.17. The van der Waals surface area contributed by atoms with Crippen molar-refractivity contribution >= 4 is 11.6 Å². The Kier molecular flexibility index (Phi) is 3.59. The molecule has 16 heavy (non-hydrogen) atoms. The van der Waals surface area contributed by atoms with Gasteiger partial charge in [0.15, 0.2) is 0 Å². The molecule has 0 spiro atoms. The lowest BCUT2D eigenvalue weighted by Crippen LogP contribution is -2.27. The summed E-state index contributed by atoms with van der Waals surface area (Å²) in [6, 6.07) is 2.33. The zero-order chi connectivity index (χ0) is 11.4. The van der Waals surface area contributed by atoms with Crippen LogP contribution in [0.4, 0.5) is 11.6 Å². The standard InChI is InChI=1S/C12H20N4/c1-2-10(9-5-3-4-6-9)16-12-7-11(13)14-8-15-12/h7-10H,2-6H2,1H3,(H3,13,14,15,16). The molecule has 1 aliphatic carbocycles. The third-order valence-electron chi connectivity index (χ3n) is 3.43. The van der Waals surface area contributed by atoms with E-state index in [1.807, 2.05) is 0 Å². The van der Waals surface area contributed by atoms with Gasteiger partial charge in [0, 0.05) is 12.1 Å². The minimum absolute atomic E-state index is 0.525. The number of anilines is 2. The molecule has 0 bridgehead atoms. The van der Waals surface area contributed by atoms with E-state index in [4.69, 9.17) is 5.73 Å². The molecule has 1 fully saturated rings. The molecular formula is C12H20N4. The molecule has 0 amide bonds. The van der Waals surface area contributed by atoms with Crippen molar-refractivity contribution in [3.8, 4) is 0 Å². The van der Waals surface area contributed by atoms with Gasteiger partial charge in [-0.2, -0.15) is 0 Å². The third kappa shape index (κ3) is 2.62. The van der Waals surface area contributed by atoms with Crippen molar-refractivity contribution in [1.29, 1.82) is 0 Å². The van der Waals surface area contributed by atoms with Crippen LogP contribution in [0.15, 0.2) is 12.4 Å². The van der Waals surface area contributed by atoms with Crippen molar-refractivity contribution in [3.63, 3.8) is 0 Å². The Morgan fingerprint density at radius 2 is 2.19 bits per heavy atom. The van der Waals surface area contributed by atoms with Crippen molar-refractivity contribution in [2.24, 2.45) is 5.92 Å². The van der Waals surface area contributed by atoms with Crippen molar-refractivity contribution in [1.82, 2.24) is 9.97 Å². The Morgan fingerprint density at radius 1 is 1.44 bits per heavy atom. The van der Waals surface area contributed by atoms with Crippen LogP contribution in [0.2, 0.25) is 0 Å². The average Bonchev–Trinajstić information content (AvgIpc) is 2.79. The molecule has 0 aromatic carbocycles. The first-order chi connectivity index (χ1) is 7.79. The summed E-state index contributed by atoms with van der Waals surface area (Å²) in [6.07, 6.45) is 8.06. The van der Waals surface area contributed by atoms with Gasteiger partial charge in [-0.05, 0) is 25.2 Å². The summed E-state index contributed by atoms with van der Waals surface area (Å²) in [4.78, 5) is 8.09. The quantitative estimate of drug-likeness (QED) is 0.818. The fourth-order valence-electron chi connectivity index (χ4n) is 2.55. The Morgan fingerprint density at radius 3 is 2.81 bits per heavy atom. The lowest BCUT2D eigenvalue weighted by Gasteiger charge is -2.23. The molecule has 88 valence electrons. The summed E-state index contributed by atoms with van der Waals surface area (Å²) < 4.78 is 0. The van der Waals surface area contributed by atoms with Gasteiger partial charge in [0.25, 0.3) is 0 Å². The second-order valence-electron chi connectivity index (χ2n) is 4.53. The first-order valence-corrected chi connectivity index (χ1v) is 6.13. The van der Waals surface area contributed by atoms with Crippen LogP contribution in [0.1, 0.15) is 39.0 Å². The zero-order valence-corrected chi connectivity index (χ0v) is 9.82. The minimum atomic E-state index is 0.525. The number of rotatable bonds is 4. The number of hydrogen-bond donors (Lipinski definition) is 2. The maximum atomic E-state index is 5.64. The number of nitrogens with zero attached hydrogens (tertiary/aromatic N) is 2. The highest BCUT2D eigenvalue weighted by Crippen LogP contribution is 2.30. The fourth-order valence-corrected chi connectivity index (χ4v) is 2.55. The molecule has 3 N–H and O–H groups in total. The van der Waals surface area contributed by atoms with Gasteiger partial charge in [0.05, 0.1) is 0 Å². The molecule has 4 heteroatoms. The molecule has 0 radical (unpaired) electrons. The maximum absolute atomic E-state index is 5.64. The van der Waals surface area contributed by atoms with Crippen molar-refractivity contribution in [3.05, 3.63) is 12.4 Å². The number of hydrogen-bond acceptors (Lipinski definition) is 4. The molecule has 1 aliphatic rings. The van der Waals surface area contributed by atoms with E-state index in [1.165, 1.54) is 32.0 Å². The Balaban J connectivity index is 2.00. The van der Waals surface area contributed by atoms with Gasteiger partial charge in [0.1, 0.15) is 18.0 Å². The van der Waals surface area contributed by atoms with Crippen molar-refractivity contribution in [2.75, 3.05) is 11.1 Å². The van der Waals surface area contributed by atoms with Gasteiger partial charge < -0.3 is 11.1 Å². The van der Waals surface area contributed by atoms with E-state index in [1.54, 1.807) is 6.07 Å². The van der Waals surface area contributed by atoms with Gasteiger partial charge >= 0.3 is 0 Å². The SMILES string of the molecule is CCC(Nc1cc(N)ncn1)C1CCCC1. The topological polar surface area (TPSA) is 63.8 Å². The summed E-state index contributed by atoms with van der Waals surface area (Å²) in [7, 11) is 0. The number of nitrogens with two attached hydrogens (primary N) is 1. The lowest BCUT2D eigenvalue weighted by molar-refractivity contribution is 0.445. The monoisotopic (exact) mass is 220 g/mol. The summed E-state index contributed by atoms with van der Waals surface area (Å²) in [5, 5.41) is 3.48. The smallest absolute Gasteiger partial charge is 0.131 e. The van der Waals surface area contributed by atoms with Crippen molar-refractivity contribution in [2.45, 2.75) is 45.1 Å². The van der Waals surface area contributed by atoms with Gasteiger partial charge in [0.2, 0.25) is 0 Å². The second-order valence-corrected chi connectivity index (χ2v) is 4.53. The van der Waals surface area contributed by atoms with Crippen LogP contribution in [0, 0.1) is 5.92 Å². The third-order valence-corrected chi connectivity index (χ3v) is 3.43. The maximum Gasteiger partial charge on any atom is 0.131 e. The molecule has 0 aliphatic heterocycles. The van der Waals surface area contributed by atoms with Crippen LogP contribution in [0.5, 0.6) is 0 Å². The zero-order valence-electron chi connectivity index (χ0n) is 9.82. The summed E-state index contributed by atoms with van der Waals surface area (Å²) >= 11 is 0. The van der Waals surface area contributed by atoms with E-state index in [-0.39, 0.29) is 0 Å². The van der Waals surface area contributed by atoms with Gasteiger partial charge in [-0.1, -0.05) is 19.8 Å². The molecule has 4 nitrogen and oxygen atoms in total. The predicted molar refractivity (Wildman–Crippen MR) is 66.1 cm³/mol. The van der Waals surface area contributed by atoms with Crippen LogP contribution in [-0.4, -0.2) is 16.0 Å². The summed E-state index contributed by atoms with van der Waals surface area (Å²) in [6.45, 7) is 2.22. The molecule has 1 saturated carbocycles. The van der Waals surface area contributed by atoms with Crippen LogP contribution in [0.3, 0.4) is 0 Å². The normalized spacial score (nSPS) is 18.6. The summed E-state index contributed by atoms with van der Waals surface area (Å²) in [5.41, 5.74) is 5.64. The average molecular weight is 220 g/mol. The predicted octanol–water partition coefficient (Wildman–Crippen LogP) is 2.44. The highest BCUT2D eigenvalue weighted by Gasteiger charge is 2.23. The van der Waals surface area contributed by atoms with Gasteiger partial charge in [-0.15, -0.1) is 0 Å². The molecule has 2 rings (SSSR count). The molecule has 1 unspecified atom stereocenters. The highest BCUT2D eigenvalue weighted by molar-refractivity contribution is 5.44. The van der Waals surface area contributed by atoms with Gasteiger partial charge in [-0.3, -0.25) is 0 Å². The highest BCUT2D eigenvalue weighted by atomic mass is 15.0. The Bertz CT molecular complexity index is 334. The Hall–Kier alpha value is -1.32. The van der Waals surface area contributed by atoms with E-state index in [9.17, 15) is 0 Å². The largest absolute Gasteiger partial charge is 0.384 e. The van der Waals surface area contributed by atoms with E-state index in [0.29, 0.717) is 11.9 Å². The first kappa shape index (κ1) is 11.2. The number of nitrogens with one attached hydrogen (secondary N) is 1. The molecule has 1 atom stereocenters. The Labute approximate surface area is 96.7 Å². The molecule has 1 heterocycles. The lowest BCUT2D eigenvalue weighted by atomic mass is 9.96. The van der Waals surface area contributed by atoms with Crippen LogP contribution in [0.25, 0.3) is 0 Å². The van der Waals surface area contributed by atoms with Crippen LogP contribution < -0.4 is 11.1 Å². The fraction of sp³-hybridized carbons (Fsp3) is 0.667. The number of aromatic nitrogens is 2. The van der Waals surface area contributed by atoms with Gasteiger partial charge in [-0.25, -0.2) is 9.97 Å². The molecule has 0 saturated heterocycles. The van der Waals surface area contributed by atoms with E-state index < -0.39 is 0 Å². The van der Waals surface area contributed by atoms with Crippen molar-refractivity contribution < 1.29 is 0 Å². The van der Waals surface area contributed by atoms with Crippen LogP contribution in [-0.2, 0) is 0 Å². The molecule has 1 aromatic heterocycles. The first-order valence-electron chi connectivity index (χ1n) is 6.13. The number of nitrogen functional groups attached to an aromatic ring is 1. The van der Waals surface area contributed by atoms with Crippen LogP contribution >= 0.6 is 0 Å². The minimum Gasteiger partial charge on any atom is -0.384 e. The molecule has 1 aromatic rings. The van der Waals surface area contributed by atoms with E-state index in [0.717, 1.165) is 18.2 Å².